The number of carbonyl (C=O) groups is 2. The highest BCUT2D eigenvalue weighted by Gasteiger charge is 2.34. The number of methoxy groups -OCH3 is 1. The SMILES string of the molecule is CCNC(=O)Nc1cc(-c2nc(C(F)(F)F)cs2)c(-c2ccc3c(=O)c(C(=O)NCCCO)cn(CCOC)c3c2)cn1. The van der Waals surface area contributed by atoms with E-state index in [1.54, 1.807) is 23.6 Å². The lowest BCUT2D eigenvalue weighted by atomic mass is 9.99. The second-order valence-electron chi connectivity index (χ2n) is 9.26. The molecule has 3 aromatic heterocycles. The molecule has 3 amide bonds. The van der Waals surface area contributed by atoms with E-state index in [1.807, 2.05) is 0 Å². The van der Waals surface area contributed by atoms with E-state index in [0.717, 1.165) is 16.7 Å². The molecule has 11 nitrogen and oxygen atoms in total. The zero-order valence-corrected chi connectivity index (χ0v) is 24.1. The van der Waals surface area contributed by atoms with Crippen LogP contribution in [0.15, 0.2) is 46.8 Å². The summed E-state index contributed by atoms with van der Waals surface area (Å²) in [6, 6.07) is 5.72. The number of benzene rings is 1. The summed E-state index contributed by atoms with van der Waals surface area (Å²) < 4.78 is 47.1. The number of aliphatic hydroxyl groups excluding tert-OH is 1. The van der Waals surface area contributed by atoms with E-state index in [4.69, 9.17) is 9.84 Å². The maximum absolute atomic E-state index is 13.4. The molecule has 4 N–H and O–H groups in total. The summed E-state index contributed by atoms with van der Waals surface area (Å²) in [7, 11) is 1.51. The van der Waals surface area contributed by atoms with Crippen LogP contribution < -0.4 is 21.4 Å². The zero-order chi connectivity index (χ0) is 31.1. The number of fused-ring (bicyclic) bond motifs is 1. The fourth-order valence-corrected chi connectivity index (χ4v) is 5.11. The highest BCUT2D eigenvalue weighted by Crippen LogP contribution is 2.39. The summed E-state index contributed by atoms with van der Waals surface area (Å²) in [5.41, 5.74) is 0.0118. The van der Waals surface area contributed by atoms with Crippen LogP contribution in [0.1, 0.15) is 29.4 Å². The van der Waals surface area contributed by atoms with E-state index in [1.165, 1.54) is 31.6 Å². The summed E-state index contributed by atoms with van der Waals surface area (Å²) in [6.45, 7) is 2.71. The molecule has 4 rings (SSSR count). The fraction of sp³-hybridized carbons (Fsp3) is 0.321. The maximum atomic E-state index is 13.4. The van der Waals surface area contributed by atoms with Crippen molar-refractivity contribution in [3.05, 3.63) is 63.5 Å². The Morgan fingerprint density at radius 1 is 1.16 bits per heavy atom. The molecule has 0 aliphatic rings. The quantitative estimate of drug-likeness (QED) is 0.185. The normalized spacial score (nSPS) is 11.5. The molecule has 0 aliphatic carbocycles. The molecule has 0 unspecified atom stereocenters. The van der Waals surface area contributed by atoms with Crippen LogP contribution in [0, 0.1) is 0 Å². The predicted octanol–water partition coefficient (Wildman–Crippen LogP) is 4.11. The number of ether oxygens (including phenoxy) is 1. The number of rotatable bonds is 11. The molecule has 15 heteroatoms. The average molecular weight is 619 g/mol. The predicted molar refractivity (Wildman–Crippen MR) is 156 cm³/mol. The van der Waals surface area contributed by atoms with Crippen LogP contribution >= 0.6 is 11.3 Å². The molecule has 0 saturated heterocycles. The van der Waals surface area contributed by atoms with E-state index >= 15 is 0 Å². The van der Waals surface area contributed by atoms with Crippen LogP contribution in [0.4, 0.5) is 23.8 Å². The number of anilines is 1. The second-order valence-corrected chi connectivity index (χ2v) is 10.1. The lowest BCUT2D eigenvalue weighted by Gasteiger charge is -2.16. The van der Waals surface area contributed by atoms with Gasteiger partial charge in [-0.05, 0) is 37.1 Å². The van der Waals surface area contributed by atoms with Gasteiger partial charge in [-0.3, -0.25) is 14.9 Å². The van der Waals surface area contributed by atoms with Gasteiger partial charge < -0.3 is 25.0 Å². The summed E-state index contributed by atoms with van der Waals surface area (Å²) in [5, 5.41) is 17.9. The molecule has 0 spiro atoms. The van der Waals surface area contributed by atoms with Crippen molar-refractivity contribution in [2.24, 2.45) is 0 Å². The van der Waals surface area contributed by atoms with Gasteiger partial charge in [0.15, 0.2) is 5.69 Å². The number of urea groups is 1. The molecular formula is C28H29F3N6O5S. The Hall–Kier alpha value is -4.34. The van der Waals surface area contributed by atoms with Gasteiger partial charge >= 0.3 is 12.2 Å². The molecule has 0 atom stereocenters. The smallest absolute Gasteiger partial charge is 0.396 e. The van der Waals surface area contributed by atoms with Crippen LogP contribution in [-0.4, -0.2) is 65.0 Å². The van der Waals surface area contributed by atoms with Crippen molar-refractivity contribution in [2.45, 2.75) is 26.1 Å². The van der Waals surface area contributed by atoms with Crippen molar-refractivity contribution < 1.29 is 32.6 Å². The van der Waals surface area contributed by atoms with Crippen molar-refractivity contribution in [2.75, 3.05) is 38.7 Å². The molecule has 0 saturated carbocycles. The molecule has 43 heavy (non-hydrogen) atoms. The monoisotopic (exact) mass is 618 g/mol. The Morgan fingerprint density at radius 3 is 2.63 bits per heavy atom. The summed E-state index contributed by atoms with van der Waals surface area (Å²) >= 11 is 0.791. The Balaban J connectivity index is 1.86. The number of thiazole rings is 1. The first-order valence-electron chi connectivity index (χ1n) is 13.2. The molecule has 0 aliphatic heterocycles. The minimum Gasteiger partial charge on any atom is -0.396 e. The van der Waals surface area contributed by atoms with Crippen molar-refractivity contribution in [1.29, 1.82) is 0 Å². The Bertz CT molecular complexity index is 1690. The molecule has 1 aromatic carbocycles. The summed E-state index contributed by atoms with van der Waals surface area (Å²) in [4.78, 5) is 46.3. The number of alkyl halides is 3. The van der Waals surface area contributed by atoms with Gasteiger partial charge in [0.1, 0.15) is 16.4 Å². The highest BCUT2D eigenvalue weighted by atomic mass is 32.1. The Morgan fingerprint density at radius 2 is 1.95 bits per heavy atom. The van der Waals surface area contributed by atoms with Crippen molar-refractivity contribution in [1.82, 2.24) is 25.2 Å². The number of aliphatic hydroxyl groups is 1. The van der Waals surface area contributed by atoms with E-state index in [0.29, 0.717) is 29.6 Å². The van der Waals surface area contributed by atoms with Gasteiger partial charge in [-0.25, -0.2) is 14.8 Å². The summed E-state index contributed by atoms with van der Waals surface area (Å²) in [5.74, 6) is -0.482. The molecular weight excluding hydrogens is 589 g/mol. The largest absolute Gasteiger partial charge is 0.434 e. The number of nitrogens with zero attached hydrogens (tertiary/aromatic N) is 3. The molecule has 0 radical (unpaired) electrons. The molecule has 4 aromatic rings. The second kappa shape index (κ2) is 13.8. The summed E-state index contributed by atoms with van der Waals surface area (Å²) in [6.07, 6.45) is -1.48. The Kier molecular flexibility index (Phi) is 10.1. The molecule has 0 bridgehead atoms. The molecule has 228 valence electrons. The third-order valence-electron chi connectivity index (χ3n) is 6.30. The fourth-order valence-electron chi connectivity index (χ4n) is 4.25. The zero-order valence-electron chi connectivity index (χ0n) is 23.2. The van der Waals surface area contributed by atoms with E-state index < -0.39 is 29.2 Å². The first-order valence-corrected chi connectivity index (χ1v) is 14.1. The third-order valence-corrected chi connectivity index (χ3v) is 7.18. The van der Waals surface area contributed by atoms with Crippen LogP contribution in [0.3, 0.4) is 0 Å². The standard InChI is InChI=1S/C28H29F3N6O5S/c1-3-32-27(41)36-23-12-18(26-35-22(15-43-26)28(29,30)31)19(13-34-23)16-5-6-17-21(11-16)37(8-10-42-2)14-20(24(17)39)25(40)33-7-4-9-38/h5-6,11-15,38H,3-4,7-10H2,1-2H3,(H,33,40)(H2,32,34,36,41). The maximum Gasteiger partial charge on any atom is 0.434 e. The van der Waals surface area contributed by atoms with Gasteiger partial charge in [0.25, 0.3) is 5.91 Å². The van der Waals surface area contributed by atoms with Crippen LogP contribution in [0.2, 0.25) is 0 Å². The van der Waals surface area contributed by atoms with Gasteiger partial charge in [0.2, 0.25) is 5.43 Å². The van der Waals surface area contributed by atoms with Crippen molar-refractivity contribution in [3.63, 3.8) is 0 Å². The van der Waals surface area contributed by atoms with Gasteiger partial charge in [-0.15, -0.1) is 11.3 Å². The number of hydrogen-bond acceptors (Lipinski definition) is 8. The topological polar surface area (TPSA) is 147 Å². The molecule has 3 heterocycles. The van der Waals surface area contributed by atoms with Gasteiger partial charge in [0, 0.05) is 67.6 Å². The van der Waals surface area contributed by atoms with Gasteiger partial charge in [-0.1, -0.05) is 6.07 Å². The average Bonchev–Trinajstić information content (AvgIpc) is 3.48. The lowest BCUT2D eigenvalue weighted by molar-refractivity contribution is -0.140. The minimum atomic E-state index is -4.65. The van der Waals surface area contributed by atoms with Crippen LogP contribution in [0.5, 0.6) is 0 Å². The van der Waals surface area contributed by atoms with Gasteiger partial charge in [0.05, 0.1) is 12.1 Å². The van der Waals surface area contributed by atoms with Crippen molar-refractivity contribution >= 4 is 40.0 Å². The minimum absolute atomic E-state index is 0.0513. The van der Waals surface area contributed by atoms with E-state index in [9.17, 15) is 27.6 Å². The molecule has 0 fully saturated rings. The highest BCUT2D eigenvalue weighted by molar-refractivity contribution is 7.13. The first-order chi connectivity index (χ1) is 20.6. The third kappa shape index (κ3) is 7.36. The number of amides is 3. The number of pyridine rings is 2. The van der Waals surface area contributed by atoms with Crippen LogP contribution in [-0.2, 0) is 17.5 Å². The number of carbonyl (C=O) groups excluding carboxylic acids is 2. The number of aromatic nitrogens is 3. The van der Waals surface area contributed by atoms with E-state index in [-0.39, 0.29) is 53.6 Å². The first kappa shape index (κ1) is 31.6. The number of halogens is 3. The van der Waals surface area contributed by atoms with Crippen LogP contribution in [0.25, 0.3) is 32.6 Å². The number of nitrogens with one attached hydrogen (secondary N) is 3. The van der Waals surface area contributed by atoms with Crippen molar-refractivity contribution in [3.8, 4) is 21.7 Å². The lowest BCUT2D eigenvalue weighted by Crippen LogP contribution is -2.31. The number of hydrogen-bond donors (Lipinski definition) is 4. The Labute approximate surface area is 247 Å². The van der Waals surface area contributed by atoms with Gasteiger partial charge in [-0.2, -0.15) is 13.2 Å². The van der Waals surface area contributed by atoms with E-state index in [2.05, 4.69) is 25.9 Å².